The zero-order chi connectivity index (χ0) is 21.3. The molecule has 2 amide bonds. The summed E-state index contributed by atoms with van der Waals surface area (Å²) < 4.78 is 5.64. The van der Waals surface area contributed by atoms with Gasteiger partial charge < -0.3 is 19.9 Å². The Hall–Kier alpha value is -1.88. The molecule has 0 atom stereocenters. The fraction of sp³-hybridized carbons (Fsp3) is 0.737. The molecule has 0 unspecified atom stereocenters. The summed E-state index contributed by atoms with van der Waals surface area (Å²) in [7, 11) is 0. The Morgan fingerprint density at radius 3 is 2.57 bits per heavy atom. The number of thioether (sulfide) groups is 1. The lowest BCUT2D eigenvalue weighted by Crippen LogP contribution is -2.48. The van der Waals surface area contributed by atoms with E-state index in [0.29, 0.717) is 44.6 Å². The Morgan fingerprint density at radius 1 is 1.13 bits per heavy atom. The molecular formula is C19H29N5O4S2. The summed E-state index contributed by atoms with van der Waals surface area (Å²) in [6, 6.07) is 0.333. The third-order valence-electron chi connectivity index (χ3n) is 5.19. The molecule has 2 aliphatic rings. The third-order valence-corrected chi connectivity index (χ3v) is 7.31. The molecule has 9 nitrogen and oxygen atoms in total. The zero-order valence-corrected chi connectivity index (χ0v) is 18.9. The van der Waals surface area contributed by atoms with Crippen molar-refractivity contribution in [1.82, 2.24) is 20.4 Å². The number of hydrogen-bond donors (Lipinski definition) is 1. The lowest BCUT2D eigenvalue weighted by atomic mass is 10.2. The maximum absolute atomic E-state index is 12.3. The molecule has 2 fully saturated rings. The molecular weight excluding hydrogens is 426 g/mol. The highest BCUT2D eigenvalue weighted by atomic mass is 32.2. The minimum absolute atomic E-state index is 0.0236. The molecule has 0 bridgehead atoms. The van der Waals surface area contributed by atoms with E-state index in [1.165, 1.54) is 35.9 Å². The van der Waals surface area contributed by atoms with E-state index in [2.05, 4.69) is 20.4 Å². The second-order valence-corrected chi connectivity index (χ2v) is 9.54. The van der Waals surface area contributed by atoms with Crippen LogP contribution >= 0.6 is 23.1 Å². The van der Waals surface area contributed by atoms with Crippen molar-refractivity contribution in [3.63, 3.8) is 0 Å². The molecule has 11 heteroatoms. The van der Waals surface area contributed by atoms with E-state index in [1.54, 1.807) is 11.8 Å². The first-order valence-electron chi connectivity index (χ1n) is 10.5. The SMILES string of the molecule is CCOC(=O)CCC(=O)N1CCN(c2nnc(SCC(=O)NC3CCCC3)s2)CC1. The molecule has 1 aromatic rings. The number of nitrogens with one attached hydrogen (secondary N) is 1. The number of ether oxygens (including phenoxy) is 1. The number of carbonyl (C=O) groups is 3. The van der Waals surface area contributed by atoms with Crippen molar-refractivity contribution in [3.8, 4) is 0 Å². The number of amides is 2. The summed E-state index contributed by atoms with van der Waals surface area (Å²) in [5.41, 5.74) is 0. The van der Waals surface area contributed by atoms with Crippen LogP contribution in [0.1, 0.15) is 45.4 Å². The highest BCUT2D eigenvalue weighted by Gasteiger charge is 2.24. The molecule has 1 saturated carbocycles. The van der Waals surface area contributed by atoms with Crippen LogP contribution in [0.15, 0.2) is 4.34 Å². The largest absolute Gasteiger partial charge is 0.466 e. The smallest absolute Gasteiger partial charge is 0.306 e. The van der Waals surface area contributed by atoms with E-state index in [-0.39, 0.29) is 30.6 Å². The van der Waals surface area contributed by atoms with E-state index in [4.69, 9.17) is 4.74 Å². The molecule has 166 valence electrons. The van der Waals surface area contributed by atoms with Crippen LogP contribution in [0.25, 0.3) is 0 Å². The first kappa shape index (κ1) is 22.8. The molecule has 0 aromatic carbocycles. The highest BCUT2D eigenvalue weighted by molar-refractivity contribution is 8.01. The van der Waals surface area contributed by atoms with Gasteiger partial charge in [0.25, 0.3) is 0 Å². The maximum atomic E-state index is 12.3. The number of esters is 1. The van der Waals surface area contributed by atoms with Crippen LogP contribution in [0.5, 0.6) is 0 Å². The maximum Gasteiger partial charge on any atom is 0.306 e. The summed E-state index contributed by atoms with van der Waals surface area (Å²) in [6.45, 7) is 4.61. The lowest BCUT2D eigenvalue weighted by Gasteiger charge is -2.34. The minimum Gasteiger partial charge on any atom is -0.466 e. The molecule has 1 aliphatic carbocycles. The molecule has 30 heavy (non-hydrogen) atoms. The van der Waals surface area contributed by atoms with Gasteiger partial charge in [0.1, 0.15) is 0 Å². The summed E-state index contributed by atoms with van der Waals surface area (Å²) in [5.74, 6) is 0.0526. The Bertz CT molecular complexity index is 730. The van der Waals surface area contributed by atoms with Gasteiger partial charge in [-0.05, 0) is 19.8 Å². The van der Waals surface area contributed by atoms with Gasteiger partial charge in [-0.1, -0.05) is 35.9 Å². The van der Waals surface area contributed by atoms with Crippen LogP contribution < -0.4 is 10.2 Å². The Labute approximate surface area is 184 Å². The van der Waals surface area contributed by atoms with E-state index in [1.807, 2.05) is 0 Å². The fourth-order valence-corrected chi connectivity index (χ4v) is 5.31. The first-order valence-corrected chi connectivity index (χ1v) is 12.3. The van der Waals surface area contributed by atoms with Crippen molar-refractivity contribution in [3.05, 3.63) is 0 Å². The molecule has 1 N–H and O–H groups in total. The molecule has 1 aliphatic heterocycles. The molecule has 2 heterocycles. The van der Waals surface area contributed by atoms with Crippen molar-refractivity contribution in [2.45, 2.75) is 55.8 Å². The Morgan fingerprint density at radius 2 is 1.87 bits per heavy atom. The Kier molecular flexibility index (Phi) is 8.74. The summed E-state index contributed by atoms with van der Waals surface area (Å²) in [5, 5.41) is 12.3. The number of piperazine rings is 1. The van der Waals surface area contributed by atoms with Gasteiger partial charge in [0, 0.05) is 38.6 Å². The average Bonchev–Trinajstić information content (AvgIpc) is 3.43. The topological polar surface area (TPSA) is 105 Å². The van der Waals surface area contributed by atoms with Crippen LogP contribution in [-0.4, -0.2) is 77.5 Å². The number of hydrogen-bond acceptors (Lipinski definition) is 9. The van der Waals surface area contributed by atoms with Crippen LogP contribution in [0.3, 0.4) is 0 Å². The van der Waals surface area contributed by atoms with Crippen LogP contribution in [-0.2, 0) is 19.1 Å². The van der Waals surface area contributed by atoms with Gasteiger partial charge in [0.15, 0.2) is 4.34 Å². The van der Waals surface area contributed by atoms with Gasteiger partial charge in [-0.2, -0.15) is 0 Å². The van der Waals surface area contributed by atoms with E-state index in [0.717, 1.165) is 22.3 Å². The molecule has 3 rings (SSSR count). The quantitative estimate of drug-likeness (QED) is 0.443. The Balaban J connectivity index is 1.37. The standard InChI is InChI=1S/C19H29N5O4S2/c1-2-28-17(27)8-7-16(26)23-9-11-24(12-10-23)18-21-22-19(30-18)29-13-15(25)20-14-5-3-4-6-14/h14H,2-13H2,1H3,(H,20,25). The van der Waals surface area contributed by atoms with Crippen molar-refractivity contribution in [2.24, 2.45) is 0 Å². The van der Waals surface area contributed by atoms with E-state index < -0.39 is 0 Å². The monoisotopic (exact) mass is 455 g/mol. The van der Waals surface area contributed by atoms with Crippen molar-refractivity contribution < 1.29 is 19.1 Å². The average molecular weight is 456 g/mol. The van der Waals surface area contributed by atoms with Gasteiger partial charge in [-0.3, -0.25) is 14.4 Å². The molecule has 1 aromatic heterocycles. The number of carbonyl (C=O) groups excluding carboxylic acids is 3. The first-order chi connectivity index (χ1) is 14.5. The molecule has 1 saturated heterocycles. The van der Waals surface area contributed by atoms with Crippen molar-refractivity contribution in [2.75, 3.05) is 43.4 Å². The second kappa shape index (κ2) is 11.5. The van der Waals surface area contributed by atoms with Gasteiger partial charge in [0.05, 0.1) is 18.8 Å². The van der Waals surface area contributed by atoms with Gasteiger partial charge >= 0.3 is 5.97 Å². The normalized spacial score (nSPS) is 17.2. The second-order valence-electron chi connectivity index (χ2n) is 7.36. The third kappa shape index (κ3) is 6.83. The lowest BCUT2D eigenvalue weighted by molar-refractivity contribution is -0.145. The molecule has 0 radical (unpaired) electrons. The van der Waals surface area contributed by atoms with Crippen LogP contribution in [0.2, 0.25) is 0 Å². The van der Waals surface area contributed by atoms with E-state index in [9.17, 15) is 14.4 Å². The van der Waals surface area contributed by atoms with Gasteiger partial charge in [0.2, 0.25) is 16.9 Å². The van der Waals surface area contributed by atoms with Crippen molar-refractivity contribution in [1.29, 1.82) is 0 Å². The van der Waals surface area contributed by atoms with Crippen LogP contribution in [0.4, 0.5) is 5.13 Å². The summed E-state index contributed by atoms with van der Waals surface area (Å²) in [6.07, 6.45) is 4.86. The number of anilines is 1. The highest BCUT2D eigenvalue weighted by Crippen LogP contribution is 2.28. The van der Waals surface area contributed by atoms with Crippen LogP contribution in [0, 0.1) is 0 Å². The van der Waals surface area contributed by atoms with Gasteiger partial charge in [-0.15, -0.1) is 10.2 Å². The number of nitrogens with zero attached hydrogens (tertiary/aromatic N) is 4. The summed E-state index contributed by atoms with van der Waals surface area (Å²) >= 11 is 2.89. The summed E-state index contributed by atoms with van der Waals surface area (Å²) in [4.78, 5) is 39.6. The fourth-order valence-electron chi connectivity index (χ4n) is 3.60. The number of rotatable bonds is 9. The predicted molar refractivity (Wildman–Crippen MR) is 116 cm³/mol. The van der Waals surface area contributed by atoms with Gasteiger partial charge in [-0.25, -0.2) is 0 Å². The van der Waals surface area contributed by atoms with Crippen molar-refractivity contribution >= 4 is 46.0 Å². The molecule has 0 spiro atoms. The minimum atomic E-state index is -0.333. The zero-order valence-electron chi connectivity index (χ0n) is 17.3. The predicted octanol–water partition coefficient (Wildman–Crippen LogP) is 1.68. The number of aromatic nitrogens is 2. The van der Waals surface area contributed by atoms with E-state index >= 15 is 0 Å².